The van der Waals surface area contributed by atoms with Gasteiger partial charge in [-0.25, -0.2) is 13.8 Å². The van der Waals surface area contributed by atoms with Gasteiger partial charge in [0, 0.05) is 3.57 Å². The number of halogens is 3. The van der Waals surface area contributed by atoms with Crippen LogP contribution in [0.25, 0.3) is 5.83 Å². The largest absolute Gasteiger partial charge is 0.393 e. The van der Waals surface area contributed by atoms with Gasteiger partial charge in [0.05, 0.1) is 36.4 Å². The van der Waals surface area contributed by atoms with E-state index in [1.165, 1.54) is 29.2 Å². The minimum Gasteiger partial charge on any atom is -0.393 e. The molecule has 0 amide bonds. The molecule has 2 heterocycles. The Hall–Kier alpha value is -1.60. The maximum atomic E-state index is 14.5. The molecule has 0 saturated heterocycles. The number of fused-ring (bicyclic) bond motifs is 1. The number of anilines is 1. The van der Waals surface area contributed by atoms with E-state index in [1.807, 2.05) is 22.6 Å². The molecule has 3 rings (SSSR count). The molecule has 1 aliphatic heterocycles. The highest BCUT2D eigenvalue weighted by molar-refractivity contribution is 14.1. The summed E-state index contributed by atoms with van der Waals surface area (Å²) in [4.78, 5) is 9.26. The van der Waals surface area contributed by atoms with Gasteiger partial charge in [-0.2, -0.15) is 5.48 Å². The summed E-state index contributed by atoms with van der Waals surface area (Å²) in [5.41, 5.74) is 1.90. The first kappa shape index (κ1) is 21.1. The van der Waals surface area contributed by atoms with E-state index in [0.717, 1.165) is 3.57 Å². The number of nitrogens with one attached hydrogen (secondary N) is 2. The molecule has 3 atom stereocenters. The normalized spacial score (nSPS) is 20.5. The zero-order valence-electron chi connectivity index (χ0n) is 15.2. The SMILES string of the molecule is CC(C)(CO)ONC(O)C1C=C(F)c2cncn2C1Nc1ccc(I)cc1F. The van der Waals surface area contributed by atoms with E-state index in [4.69, 9.17) is 4.84 Å². The number of hydrogen-bond acceptors (Lipinski definition) is 6. The highest BCUT2D eigenvalue weighted by Gasteiger charge is 2.36. The van der Waals surface area contributed by atoms with E-state index in [-0.39, 0.29) is 18.0 Å². The number of nitrogens with zero attached hydrogens (tertiary/aromatic N) is 2. The molecule has 1 aromatic heterocycles. The predicted molar refractivity (Wildman–Crippen MR) is 108 cm³/mol. The molecule has 2 aromatic rings. The van der Waals surface area contributed by atoms with Crippen LogP contribution < -0.4 is 10.8 Å². The third kappa shape index (κ3) is 4.51. The predicted octanol–water partition coefficient (Wildman–Crippen LogP) is 2.79. The fraction of sp³-hybridized carbons (Fsp3) is 0.389. The zero-order chi connectivity index (χ0) is 20.5. The molecule has 1 aromatic carbocycles. The standard InChI is InChI=1S/C18H21F2IN4O3/c1-18(2,8-26)28-24-17(27)11-6-13(20)15-7-22-9-25(15)16(11)23-14-4-3-10(21)5-12(14)19/h3-7,9,11,16-17,23-24,26-27H,8H2,1-2H3. The maximum Gasteiger partial charge on any atom is 0.147 e. The van der Waals surface area contributed by atoms with Gasteiger partial charge in [0.2, 0.25) is 0 Å². The molecule has 3 unspecified atom stereocenters. The van der Waals surface area contributed by atoms with Gasteiger partial charge in [-0.3, -0.25) is 4.84 Å². The first-order chi connectivity index (χ1) is 13.2. The molecule has 0 fully saturated rings. The molecule has 28 heavy (non-hydrogen) atoms. The Morgan fingerprint density at radius 3 is 2.82 bits per heavy atom. The third-order valence-corrected chi connectivity index (χ3v) is 5.02. The molecular weight excluding hydrogens is 485 g/mol. The van der Waals surface area contributed by atoms with E-state index in [9.17, 15) is 19.0 Å². The van der Waals surface area contributed by atoms with Gasteiger partial charge < -0.3 is 20.1 Å². The van der Waals surface area contributed by atoms with Gasteiger partial charge in [-0.15, -0.1) is 0 Å². The lowest BCUT2D eigenvalue weighted by Gasteiger charge is -2.36. The average Bonchev–Trinajstić information content (AvgIpc) is 3.14. The van der Waals surface area contributed by atoms with E-state index in [2.05, 4.69) is 15.8 Å². The van der Waals surface area contributed by atoms with Crippen molar-refractivity contribution in [3.63, 3.8) is 0 Å². The second-order valence-electron chi connectivity index (χ2n) is 7.07. The van der Waals surface area contributed by atoms with Gasteiger partial charge in [-0.1, -0.05) is 0 Å². The second-order valence-corrected chi connectivity index (χ2v) is 8.32. The summed E-state index contributed by atoms with van der Waals surface area (Å²) in [6.45, 7) is 2.95. The molecule has 10 heteroatoms. The Kier molecular flexibility index (Phi) is 6.34. The van der Waals surface area contributed by atoms with Crippen molar-refractivity contribution in [3.8, 4) is 0 Å². The Bertz CT molecular complexity index is 874. The molecule has 0 bridgehead atoms. The zero-order valence-corrected chi connectivity index (χ0v) is 17.4. The van der Waals surface area contributed by atoms with Crippen molar-refractivity contribution < 1.29 is 23.8 Å². The van der Waals surface area contributed by atoms with Gasteiger partial charge >= 0.3 is 0 Å². The Labute approximate surface area is 174 Å². The quantitative estimate of drug-likeness (QED) is 0.263. The first-order valence-corrected chi connectivity index (χ1v) is 9.63. The molecule has 7 nitrogen and oxygen atoms in total. The van der Waals surface area contributed by atoms with Crippen molar-refractivity contribution in [2.45, 2.75) is 31.8 Å². The van der Waals surface area contributed by atoms with Crippen molar-refractivity contribution in [2.75, 3.05) is 11.9 Å². The van der Waals surface area contributed by atoms with Crippen molar-refractivity contribution >= 4 is 34.1 Å². The van der Waals surface area contributed by atoms with Crippen LogP contribution in [0.1, 0.15) is 25.7 Å². The van der Waals surface area contributed by atoms with Gasteiger partial charge in [0.25, 0.3) is 0 Å². The number of hydroxylamine groups is 1. The smallest absolute Gasteiger partial charge is 0.147 e. The third-order valence-electron chi connectivity index (χ3n) is 4.35. The van der Waals surface area contributed by atoms with Crippen molar-refractivity contribution in [1.29, 1.82) is 0 Å². The number of aromatic nitrogens is 2. The summed E-state index contributed by atoms with van der Waals surface area (Å²) < 4.78 is 31.1. The summed E-state index contributed by atoms with van der Waals surface area (Å²) in [7, 11) is 0. The monoisotopic (exact) mass is 506 g/mol. The minimum atomic E-state index is -1.35. The van der Waals surface area contributed by atoms with Crippen LogP contribution in [0.3, 0.4) is 0 Å². The van der Waals surface area contributed by atoms with Gasteiger partial charge in [0.1, 0.15) is 29.6 Å². The van der Waals surface area contributed by atoms with Crippen molar-refractivity contribution in [2.24, 2.45) is 5.92 Å². The summed E-state index contributed by atoms with van der Waals surface area (Å²) in [6, 6.07) is 4.68. The summed E-state index contributed by atoms with van der Waals surface area (Å²) in [5.74, 6) is -1.90. The Morgan fingerprint density at radius 2 is 2.14 bits per heavy atom. The van der Waals surface area contributed by atoms with Crippen LogP contribution in [-0.2, 0) is 4.84 Å². The number of hydrogen-bond donors (Lipinski definition) is 4. The topological polar surface area (TPSA) is 91.6 Å². The lowest BCUT2D eigenvalue weighted by atomic mass is 9.98. The highest BCUT2D eigenvalue weighted by atomic mass is 127. The number of benzene rings is 1. The average molecular weight is 506 g/mol. The lowest BCUT2D eigenvalue weighted by molar-refractivity contribution is -0.164. The fourth-order valence-electron chi connectivity index (χ4n) is 2.77. The van der Waals surface area contributed by atoms with E-state index < -0.39 is 35.6 Å². The van der Waals surface area contributed by atoms with Crippen LogP contribution in [0.2, 0.25) is 0 Å². The molecule has 152 valence electrons. The van der Waals surface area contributed by atoms with Crippen LogP contribution >= 0.6 is 22.6 Å². The number of aliphatic hydroxyl groups is 2. The van der Waals surface area contributed by atoms with Crippen molar-refractivity contribution in [1.82, 2.24) is 15.0 Å². The lowest BCUT2D eigenvalue weighted by Crippen LogP contribution is -2.47. The summed E-state index contributed by atoms with van der Waals surface area (Å²) >= 11 is 2.00. The highest BCUT2D eigenvalue weighted by Crippen LogP contribution is 2.36. The molecule has 0 radical (unpaired) electrons. The summed E-state index contributed by atoms with van der Waals surface area (Å²) in [6.07, 6.45) is 1.90. The molecule has 0 spiro atoms. The number of imidazole rings is 1. The van der Waals surface area contributed by atoms with Gasteiger partial charge in [0.15, 0.2) is 0 Å². The Balaban J connectivity index is 1.89. The van der Waals surface area contributed by atoms with Crippen LogP contribution in [0, 0.1) is 15.3 Å². The fourth-order valence-corrected chi connectivity index (χ4v) is 3.22. The van der Waals surface area contributed by atoms with Crippen LogP contribution in [0.5, 0.6) is 0 Å². The second kappa shape index (κ2) is 8.41. The Morgan fingerprint density at radius 1 is 1.39 bits per heavy atom. The molecule has 1 aliphatic rings. The first-order valence-electron chi connectivity index (χ1n) is 8.55. The van der Waals surface area contributed by atoms with Crippen LogP contribution in [0.15, 0.2) is 36.8 Å². The van der Waals surface area contributed by atoms with Crippen LogP contribution in [-0.4, -0.2) is 38.2 Å². The summed E-state index contributed by atoms with van der Waals surface area (Å²) in [5, 5.41) is 22.9. The maximum absolute atomic E-state index is 14.5. The van der Waals surface area contributed by atoms with Crippen LogP contribution in [0.4, 0.5) is 14.5 Å². The molecular formula is C18H21F2IN4O3. The minimum absolute atomic E-state index is 0.203. The van der Waals surface area contributed by atoms with Gasteiger partial charge in [-0.05, 0) is 60.7 Å². The van der Waals surface area contributed by atoms with Crippen molar-refractivity contribution in [3.05, 3.63) is 51.9 Å². The number of rotatable bonds is 7. The molecule has 0 aliphatic carbocycles. The van der Waals surface area contributed by atoms with E-state index in [1.54, 1.807) is 26.0 Å². The van der Waals surface area contributed by atoms with E-state index in [0.29, 0.717) is 0 Å². The molecule has 4 N–H and O–H groups in total. The molecule has 0 saturated carbocycles. The van der Waals surface area contributed by atoms with E-state index >= 15 is 0 Å². The number of aliphatic hydroxyl groups excluding tert-OH is 2.